The number of hydrogen-bond donors (Lipinski definition) is 0. The summed E-state index contributed by atoms with van der Waals surface area (Å²) in [6, 6.07) is 0. The lowest BCUT2D eigenvalue weighted by Gasteiger charge is -2.23. The van der Waals surface area contributed by atoms with Crippen LogP contribution in [0.2, 0.25) is 0 Å². The van der Waals surface area contributed by atoms with Gasteiger partial charge in [0.1, 0.15) is 6.54 Å². The van der Waals surface area contributed by atoms with Crippen molar-refractivity contribution in [2.75, 3.05) is 19.6 Å². The average molecular weight is 280 g/mol. The summed E-state index contributed by atoms with van der Waals surface area (Å²) in [5.74, 6) is -1.47. The molecule has 1 aliphatic rings. The SMILES string of the molecule is CCN(CC(F)(F)F)C(=O)CCN1C(=O)CCC1=O. The molecule has 0 aromatic carbocycles. The molecule has 1 fully saturated rings. The van der Waals surface area contributed by atoms with Crippen molar-refractivity contribution < 1.29 is 27.6 Å². The molecule has 1 aliphatic heterocycles. The lowest BCUT2D eigenvalue weighted by atomic mass is 10.3. The van der Waals surface area contributed by atoms with E-state index in [2.05, 4.69) is 0 Å². The van der Waals surface area contributed by atoms with Crippen LogP contribution in [0, 0.1) is 0 Å². The Labute approximate surface area is 108 Å². The van der Waals surface area contributed by atoms with Gasteiger partial charge in [0.15, 0.2) is 0 Å². The van der Waals surface area contributed by atoms with Gasteiger partial charge in [0, 0.05) is 32.4 Å². The van der Waals surface area contributed by atoms with Crippen LogP contribution in [0.5, 0.6) is 0 Å². The predicted octanol–water partition coefficient (Wildman–Crippen LogP) is 0.936. The zero-order valence-corrected chi connectivity index (χ0v) is 10.5. The van der Waals surface area contributed by atoms with Gasteiger partial charge in [-0.05, 0) is 6.92 Å². The summed E-state index contributed by atoms with van der Waals surface area (Å²) in [7, 11) is 0. The minimum Gasteiger partial charge on any atom is -0.334 e. The van der Waals surface area contributed by atoms with Crippen LogP contribution in [0.1, 0.15) is 26.2 Å². The summed E-state index contributed by atoms with van der Waals surface area (Å²) in [6.45, 7) is -0.0921. The molecule has 1 heterocycles. The van der Waals surface area contributed by atoms with Crippen molar-refractivity contribution in [3.05, 3.63) is 0 Å². The van der Waals surface area contributed by atoms with Crippen molar-refractivity contribution in [2.45, 2.75) is 32.4 Å². The van der Waals surface area contributed by atoms with E-state index in [0.29, 0.717) is 4.90 Å². The smallest absolute Gasteiger partial charge is 0.334 e. The topological polar surface area (TPSA) is 57.7 Å². The lowest BCUT2D eigenvalue weighted by molar-refractivity contribution is -0.161. The Morgan fingerprint density at radius 3 is 2.21 bits per heavy atom. The number of rotatable bonds is 5. The molecule has 8 heteroatoms. The molecule has 0 spiro atoms. The predicted molar refractivity (Wildman–Crippen MR) is 58.9 cm³/mol. The quantitative estimate of drug-likeness (QED) is 0.704. The van der Waals surface area contributed by atoms with Gasteiger partial charge in [0.2, 0.25) is 17.7 Å². The standard InChI is InChI=1S/C11H15F3N2O3/c1-2-15(7-11(12,13)14)8(17)5-6-16-9(18)3-4-10(16)19/h2-7H2,1H3. The summed E-state index contributed by atoms with van der Waals surface area (Å²) >= 11 is 0. The van der Waals surface area contributed by atoms with Crippen LogP contribution in [-0.4, -0.2) is 53.3 Å². The molecule has 0 saturated carbocycles. The molecule has 0 atom stereocenters. The Bertz CT molecular complexity index is 366. The summed E-state index contributed by atoms with van der Waals surface area (Å²) in [5.41, 5.74) is 0. The first-order chi connectivity index (χ1) is 8.74. The molecule has 0 aliphatic carbocycles. The second kappa shape index (κ2) is 6.03. The molecule has 0 unspecified atom stereocenters. The maximum absolute atomic E-state index is 12.2. The van der Waals surface area contributed by atoms with Gasteiger partial charge in [-0.1, -0.05) is 0 Å². The van der Waals surface area contributed by atoms with Crippen LogP contribution in [0.15, 0.2) is 0 Å². The molecule has 0 aromatic heterocycles. The van der Waals surface area contributed by atoms with Crippen LogP contribution in [0.3, 0.4) is 0 Å². The van der Waals surface area contributed by atoms with Gasteiger partial charge >= 0.3 is 6.18 Å². The van der Waals surface area contributed by atoms with E-state index in [1.807, 2.05) is 0 Å². The molecular formula is C11H15F3N2O3. The van der Waals surface area contributed by atoms with Crippen LogP contribution in [-0.2, 0) is 14.4 Å². The molecule has 3 amide bonds. The van der Waals surface area contributed by atoms with Crippen molar-refractivity contribution in [2.24, 2.45) is 0 Å². The van der Waals surface area contributed by atoms with Crippen molar-refractivity contribution in [1.82, 2.24) is 9.80 Å². The third-order valence-corrected chi connectivity index (χ3v) is 2.81. The van der Waals surface area contributed by atoms with E-state index < -0.39 is 18.6 Å². The molecule has 0 aromatic rings. The number of imide groups is 1. The molecule has 5 nitrogen and oxygen atoms in total. The van der Waals surface area contributed by atoms with Gasteiger partial charge in [-0.25, -0.2) is 0 Å². The van der Waals surface area contributed by atoms with Crippen molar-refractivity contribution in [3.8, 4) is 0 Å². The first kappa shape index (κ1) is 15.5. The number of alkyl halides is 3. The van der Waals surface area contributed by atoms with Crippen molar-refractivity contribution in [1.29, 1.82) is 0 Å². The maximum Gasteiger partial charge on any atom is 0.406 e. The Morgan fingerprint density at radius 2 is 1.79 bits per heavy atom. The summed E-state index contributed by atoms with van der Waals surface area (Å²) in [5, 5.41) is 0. The third kappa shape index (κ3) is 4.53. The molecule has 19 heavy (non-hydrogen) atoms. The van der Waals surface area contributed by atoms with Gasteiger partial charge in [-0.2, -0.15) is 13.2 Å². The van der Waals surface area contributed by atoms with Gasteiger partial charge in [0.05, 0.1) is 0 Å². The Hall–Kier alpha value is -1.60. The highest BCUT2D eigenvalue weighted by molar-refractivity contribution is 6.02. The van der Waals surface area contributed by atoms with Crippen LogP contribution in [0.25, 0.3) is 0 Å². The second-order valence-electron chi connectivity index (χ2n) is 4.21. The van der Waals surface area contributed by atoms with E-state index in [-0.39, 0.29) is 44.2 Å². The first-order valence-electron chi connectivity index (χ1n) is 5.92. The largest absolute Gasteiger partial charge is 0.406 e. The molecule has 108 valence electrons. The number of hydrogen-bond acceptors (Lipinski definition) is 3. The van der Waals surface area contributed by atoms with Gasteiger partial charge in [-0.3, -0.25) is 19.3 Å². The fourth-order valence-electron chi connectivity index (χ4n) is 1.83. The zero-order chi connectivity index (χ0) is 14.6. The highest BCUT2D eigenvalue weighted by atomic mass is 19.4. The number of nitrogens with zero attached hydrogens (tertiary/aromatic N) is 2. The maximum atomic E-state index is 12.2. The van der Waals surface area contributed by atoms with E-state index in [4.69, 9.17) is 0 Å². The lowest BCUT2D eigenvalue weighted by Crippen LogP contribution is -2.41. The summed E-state index contributed by atoms with van der Waals surface area (Å²) in [6.07, 6.45) is -4.52. The van der Waals surface area contributed by atoms with Crippen LogP contribution in [0.4, 0.5) is 13.2 Å². The summed E-state index contributed by atoms with van der Waals surface area (Å²) < 4.78 is 36.6. The Balaban J connectivity index is 2.49. The second-order valence-corrected chi connectivity index (χ2v) is 4.21. The van der Waals surface area contributed by atoms with Crippen LogP contribution >= 0.6 is 0 Å². The number of carbonyl (C=O) groups excluding carboxylic acids is 3. The van der Waals surface area contributed by atoms with E-state index in [9.17, 15) is 27.6 Å². The van der Waals surface area contributed by atoms with Gasteiger partial charge in [-0.15, -0.1) is 0 Å². The number of likely N-dealkylation sites (tertiary alicyclic amines) is 1. The number of carbonyl (C=O) groups is 3. The van der Waals surface area contributed by atoms with Crippen molar-refractivity contribution in [3.63, 3.8) is 0 Å². The fraction of sp³-hybridized carbons (Fsp3) is 0.727. The normalized spacial score (nSPS) is 16.1. The number of amides is 3. The molecule has 1 rings (SSSR count). The van der Waals surface area contributed by atoms with Gasteiger partial charge in [0.25, 0.3) is 0 Å². The van der Waals surface area contributed by atoms with E-state index in [1.165, 1.54) is 6.92 Å². The van der Waals surface area contributed by atoms with E-state index in [1.54, 1.807) is 0 Å². The summed E-state index contributed by atoms with van der Waals surface area (Å²) in [4.78, 5) is 35.7. The van der Waals surface area contributed by atoms with Gasteiger partial charge < -0.3 is 4.90 Å². The zero-order valence-electron chi connectivity index (χ0n) is 10.5. The fourth-order valence-corrected chi connectivity index (χ4v) is 1.83. The Morgan fingerprint density at radius 1 is 1.26 bits per heavy atom. The minimum absolute atomic E-state index is 0.0692. The Kier molecular flexibility index (Phi) is 4.90. The molecule has 0 bridgehead atoms. The molecule has 0 N–H and O–H groups in total. The van der Waals surface area contributed by atoms with E-state index >= 15 is 0 Å². The number of halogens is 3. The molecule has 0 radical (unpaired) electrons. The highest BCUT2D eigenvalue weighted by Crippen LogP contribution is 2.17. The van der Waals surface area contributed by atoms with E-state index in [0.717, 1.165) is 4.90 Å². The third-order valence-electron chi connectivity index (χ3n) is 2.81. The molecular weight excluding hydrogens is 265 g/mol. The molecule has 1 saturated heterocycles. The average Bonchev–Trinajstić information content (AvgIpc) is 2.62. The van der Waals surface area contributed by atoms with Crippen molar-refractivity contribution >= 4 is 17.7 Å². The highest BCUT2D eigenvalue weighted by Gasteiger charge is 2.33. The first-order valence-corrected chi connectivity index (χ1v) is 5.92. The monoisotopic (exact) mass is 280 g/mol. The minimum atomic E-state index is -4.45. The van der Waals surface area contributed by atoms with Crippen LogP contribution < -0.4 is 0 Å².